The average Bonchev–Trinajstić information content (AvgIpc) is 3.08. The number of hydrogen-bond acceptors (Lipinski definition) is 4. The largest absolute Gasteiger partial charge is 0.468 e. The number of benzene rings is 1. The summed E-state index contributed by atoms with van der Waals surface area (Å²) in [5.74, 6) is 1.17. The highest BCUT2D eigenvalue weighted by Crippen LogP contribution is 2.27. The van der Waals surface area contributed by atoms with Gasteiger partial charge in [-0.2, -0.15) is 0 Å². The summed E-state index contributed by atoms with van der Waals surface area (Å²) in [7, 11) is 0. The molecule has 3 heterocycles. The van der Waals surface area contributed by atoms with E-state index in [-0.39, 0.29) is 17.9 Å². The van der Waals surface area contributed by atoms with E-state index in [2.05, 4.69) is 36.1 Å². The Balaban J connectivity index is 1.41. The number of aryl methyl sites for hydroxylation is 1. The molecule has 138 valence electrons. The van der Waals surface area contributed by atoms with Crippen LogP contribution in [0.2, 0.25) is 0 Å². The molecule has 1 amide bonds. The molecule has 2 aliphatic rings. The third-order valence-corrected chi connectivity index (χ3v) is 5.38. The third kappa shape index (κ3) is 3.84. The summed E-state index contributed by atoms with van der Waals surface area (Å²) in [6, 6.07) is 12.3. The van der Waals surface area contributed by atoms with Gasteiger partial charge in [-0.25, -0.2) is 0 Å². The molecule has 0 unspecified atom stereocenters. The third-order valence-electron chi connectivity index (χ3n) is 5.38. The van der Waals surface area contributed by atoms with Crippen LogP contribution in [0.15, 0.2) is 47.1 Å². The average molecular weight is 354 g/mol. The van der Waals surface area contributed by atoms with Crippen LogP contribution in [-0.4, -0.2) is 48.1 Å². The lowest BCUT2D eigenvalue weighted by Gasteiger charge is -2.36. The van der Waals surface area contributed by atoms with Gasteiger partial charge in [0.05, 0.1) is 31.4 Å². The van der Waals surface area contributed by atoms with Crippen LogP contribution in [0.25, 0.3) is 0 Å². The first-order valence-electron chi connectivity index (χ1n) is 9.40. The molecule has 2 fully saturated rings. The molecule has 0 saturated carbocycles. The monoisotopic (exact) mass is 354 g/mol. The van der Waals surface area contributed by atoms with Gasteiger partial charge in [0.1, 0.15) is 5.76 Å². The molecule has 5 nitrogen and oxygen atoms in total. The van der Waals surface area contributed by atoms with Crippen LogP contribution in [0.1, 0.15) is 23.3 Å². The maximum Gasteiger partial charge on any atom is 0.228 e. The molecule has 1 aromatic carbocycles. The predicted octanol–water partition coefficient (Wildman–Crippen LogP) is 2.84. The predicted molar refractivity (Wildman–Crippen MR) is 98.4 cm³/mol. The number of carbonyl (C=O) groups excluding carboxylic acids is 1. The molecule has 2 aromatic rings. The minimum Gasteiger partial charge on any atom is -0.468 e. The highest BCUT2D eigenvalue weighted by molar-refractivity contribution is 5.80. The van der Waals surface area contributed by atoms with Crippen molar-refractivity contribution in [3.8, 4) is 0 Å². The van der Waals surface area contributed by atoms with Crippen molar-refractivity contribution < 1.29 is 13.9 Å². The summed E-state index contributed by atoms with van der Waals surface area (Å²) < 4.78 is 11.5. The minimum atomic E-state index is -0.0323. The maximum atomic E-state index is 13.1. The molecule has 0 aliphatic carbocycles. The lowest BCUT2D eigenvalue weighted by molar-refractivity contribution is -0.139. The van der Waals surface area contributed by atoms with Crippen LogP contribution in [-0.2, 0) is 22.6 Å². The molecule has 0 spiro atoms. The quantitative estimate of drug-likeness (QED) is 0.847. The number of fused-ring (bicyclic) bond motifs is 1. The first-order chi connectivity index (χ1) is 12.7. The highest BCUT2D eigenvalue weighted by Gasteiger charge is 2.39. The number of furan rings is 1. The van der Waals surface area contributed by atoms with Gasteiger partial charge in [-0.1, -0.05) is 29.8 Å². The van der Waals surface area contributed by atoms with Gasteiger partial charge >= 0.3 is 0 Å². The van der Waals surface area contributed by atoms with E-state index >= 15 is 0 Å². The number of piperidine rings is 1. The van der Waals surface area contributed by atoms with Crippen LogP contribution in [0.3, 0.4) is 0 Å². The van der Waals surface area contributed by atoms with E-state index in [4.69, 9.17) is 9.15 Å². The van der Waals surface area contributed by atoms with Gasteiger partial charge in [0.2, 0.25) is 5.91 Å². The second-order valence-corrected chi connectivity index (χ2v) is 7.37. The molecule has 2 aliphatic heterocycles. The number of carbonyl (C=O) groups is 1. The summed E-state index contributed by atoms with van der Waals surface area (Å²) in [5.41, 5.74) is 2.41. The fourth-order valence-corrected chi connectivity index (χ4v) is 4.05. The van der Waals surface area contributed by atoms with Gasteiger partial charge in [-0.3, -0.25) is 9.69 Å². The van der Waals surface area contributed by atoms with Crippen molar-refractivity contribution in [1.82, 2.24) is 9.80 Å². The lowest BCUT2D eigenvalue weighted by Crippen LogP contribution is -2.48. The number of nitrogens with zero attached hydrogens (tertiary/aromatic N) is 2. The fourth-order valence-electron chi connectivity index (χ4n) is 4.05. The zero-order chi connectivity index (χ0) is 17.9. The van der Waals surface area contributed by atoms with Crippen LogP contribution < -0.4 is 0 Å². The van der Waals surface area contributed by atoms with Crippen molar-refractivity contribution in [1.29, 1.82) is 0 Å². The van der Waals surface area contributed by atoms with E-state index < -0.39 is 0 Å². The standard InChI is InChI=1S/C21H26N2O3/c1-16-4-2-5-17(12-16)13-23-9-11-26-20-15-22(8-7-19(20)21(23)24)14-18-6-3-10-25-18/h2-6,10,12,19-20H,7-9,11,13-15H2,1H3/t19-,20+/m1/s1. The fraction of sp³-hybridized carbons (Fsp3) is 0.476. The number of amides is 1. The molecule has 26 heavy (non-hydrogen) atoms. The van der Waals surface area contributed by atoms with Gasteiger partial charge in [-0.15, -0.1) is 0 Å². The topological polar surface area (TPSA) is 45.9 Å². The van der Waals surface area contributed by atoms with Gasteiger partial charge in [-0.05, 0) is 37.6 Å². The van der Waals surface area contributed by atoms with Gasteiger partial charge in [0.25, 0.3) is 0 Å². The van der Waals surface area contributed by atoms with E-state index in [9.17, 15) is 4.79 Å². The lowest BCUT2D eigenvalue weighted by atomic mass is 9.92. The van der Waals surface area contributed by atoms with Crippen molar-refractivity contribution in [3.05, 3.63) is 59.5 Å². The van der Waals surface area contributed by atoms with Crippen LogP contribution in [0, 0.1) is 12.8 Å². The zero-order valence-electron chi connectivity index (χ0n) is 15.3. The second-order valence-electron chi connectivity index (χ2n) is 7.37. The van der Waals surface area contributed by atoms with Crippen molar-refractivity contribution in [2.45, 2.75) is 32.5 Å². The Labute approximate surface area is 154 Å². The SMILES string of the molecule is Cc1cccc(CN2CCO[C@H]3CN(Cc4ccco4)CC[C@H]3C2=O)c1. The molecule has 2 saturated heterocycles. The van der Waals surface area contributed by atoms with Crippen LogP contribution in [0.4, 0.5) is 0 Å². The van der Waals surface area contributed by atoms with E-state index in [1.54, 1.807) is 6.26 Å². The van der Waals surface area contributed by atoms with E-state index in [1.165, 1.54) is 11.1 Å². The van der Waals surface area contributed by atoms with Gasteiger partial charge in [0, 0.05) is 19.6 Å². The molecular formula is C21H26N2O3. The number of hydrogen-bond donors (Lipinski definition) is 0. The summed E-state index contributed by atoms with van der Waals surface area (Å²) in [5, 5.41) is 0. The Morgan fingerprint density at radius 3 is 2.88 bits per heavy atom. The van der Waals surface area contributed by atoms with Crippen molar-refractivity contribution in [3.63, 3.8) is 0 Å². The molecule has 1 aromatic heterocycles. The first kappa shape index (κ1) is 17.3. The van der Waals surface area contributed by atoms with Crippen molar-refractivity contribution in [2.24, 2.45) is 5.92 Å². The van der Waals surface area contributed by atoms with Crippen molar-refractivity contribution in [2.75, 3.05) is 26.2 Å². The molecule has 5 heteroatoms. The first-order valence-corrected chi connectivity index (χ1v) is 9.40. The minimum absolute atomic E-state index is 0.0197. The summed E-state index contributed by atoms with van der Waals surface area (Å²) in [4.78, 5) is 17.4. The number of ether oxygens (including phenoxy) is 1. The number of rotatable bonds is 4. The Kier molecular flexibility index (Phi) is 5.09. The molecule has 2 atom stereocenters. The highest BCUT2D eigenvalue weighted by atomic mass is 16.5. The van der Waals surface area contributed by atoms with Gasteiger partial charge in [0.15, 0.2) is 0 Å². The maximum absolute atomic E-state index is 13.1. The summed E-state index contributed by atoms with van der Waals surface area (Å²) >= 11 is 0. The molecule has 4 rings (SSSR count). The smallest absolute Gasteiger partial charge is 0.228 e. The molecule has 0 radical (unpaired) electrons. The molecule has 0 N–H and O–H groups in total. The van der Waals surface area contributed by atoms with Crippen LogP contribution in [0.5, 0.6) is 0 Å². The molecule has 0 bridgehead atoms. The van der Waals surface area contributed by atoms with Crippen LogP contribution >= 0.6 is 0 Å². The Hall–Kier alpha value is -2.11. The summed E-state index contributed by atoms with van der Waals surface area (Å²) in [6.07, 6.45) is 2.53. The Morgan fingerprint density at radius 2 is 2.08 bits per heavy atom. The normalized spacial score (nSPS) is 24.3. The van der Waals surface area contributed by atoms with E-state index in [0.717, 1.165) is 31.8 Å². The van der Waals surface area contributed by atoms with Gasteiger partial charge < -0.3 is 14.1 Å². The number of likely N-dealkylation sites (tertiary alicyclic amines) is 1. The zero-order valence-corrected chi connectivity index (χ0v) is 15.3. The summed E-state index contributed by atoms with van der Waals surface area (Å²) in [6.45, 7) is 6.49. The second kappa shape index (κ2) is 7.64. The van der Waals surface area contributed by atoms with E-state index in [0.29, 0.717) is 19.7 Å². The Morgan fingerprint density at radius 1 is 1.15 bits per heavy atom. The van der Waals surface area contributed by atoms with Crippen molar-refractivity contribution >= 4 is 5.91 Å². The molecular weight excluding hydrogens is 328 g/mol. The Bertz CT molecular complexity index is 743. The van der Waals surface area contributed by atoms with E-state index in [1.807, 2.05) is 17.0 Å².